The van der Waals surface area contributed by atoms with E-state index in [1.807, 2.05) is 18.2 Å². The van der Waals surface area contributed by atoms with E-state index < -0.39 is 10.1 Å². The minimum atomic E-state index is -4.53. The molecule has 0 spiro atoms. The summed E-state index contributed by atoms with van der Waals surface area (Å²) in [6, 6.07) is 9.58. The topological polar surface area (TPSA) is 57.2 Å². The summed E-state index contributed by atoms with van der Waals surface area (Å²) in [7, 11) is -4.53. The maximum atomic E-state index is 12.3. The van der Waals surface area contributed by atoms with Gasteiger partial charge in [0.25, 0.3) is 0 Å². The Kier molecular flexibility index (Phi) is 16.7. The second-order valence-corrected chi connectivity index (χ2v) is 10.6. The number of rotatable bonds is 17. The summed E-state index contributed by atoms with van der Waals surface area (Å²) >= 11 is 0. The third-order valence-corrected chi connectivity index (χ3v) is 7.49. The summed E-state index contributed by atoms with van der Waals surface area (Å²) in [6.07, 6.45) is 18.4. The van der Waals surface area contributed by atoms with Gasteiger partial charge in [-0.05, 0) is 47.6 Å². The summed E-state index contributed by atoms with van der Waals surface area (Å²) < 4.78 is 37.0. The van der Waals surface area contributed by atoms with Crippen LogP contribution in [0.25, 0.3) is 10.8 Å². The van der Waals surface area contributed by atoms with Crippen LogP contribution in [-0.4, -0.2) is 13.0 Å². The second-order valence-electron chi connectivity index (χ2n) is 9.26. The molecule has 0 aliphatic rings. The minimum Gasteiger partial charge on any atom is -0.744 e. The standard InChI is InChI=1S/C28H44O3S.K/c1-3-5-7-9-11-13-15-19-24-23-25-20-17-18-22-27(25)28(32(29,30)31)26(24)21-16-14-12-10-8-6-4-2;/h17-18,20,22-23H,3-16,19,21H2,1-2H3,(H,29,30,31);/q;+1/p-1. The van der Waals surface area contributed by atoms with Crippen molar-refractivity contribution < 1.29 is 64.4 Å². The van der Waals surface area contributed by atoms with Crippen LogP contribution in [0.3, 0.4) is 0 Å². The molecule has 2 aromatic rings. The summed E-state index contributed by atoms with van der Waals surface area (Å²) in [4.78, 5) is 0.0412. The van der Waals surface area contributed by atoms with Crippen molar-refractivity contribution >= 4 is 20.9 Å². The maximum absolute atomic E-state index is 12.3. The Morgan fingerprint density at radius 1 is 0.697 bits per heavy atom. The normalized spacial score (nSPS) is 11.6. The molecule has 0 aromatic heterocycles. The van der Waals surface area contributed by atoms with Crippen molar-refractivity contribution in [1.82, 2.24) is 0 Å². The fourth-order valence-corrected chi connectivity index (χ4v) is 5.72. The van der Waals surface area contributed by atoms with Crippen LogP contribution in [0.15, 0.2) is 35.2 Å². The van der Waals surface area contributed by atoms with E-state index in [0.717, 1.165) is 48.6 Å². The van der Waals surface area contributed by atoms with Crippen LogP contribution < -0.4 is 51.4 Å². The molecule has 0 aliphatic carbocycles. The van der Waals surface area contributed by atoms with Crippen LogP contribution in [0.1, 0.15) is 115 Å². The maximum Gasteiger partial charge on any atom is 1.00 e. The average Bonchev–Trinajstić information content (AvgIpc) is 2.76. The number of aryl methyl sites for hydroxylation is 1. The van der Waals surface area contributed by atoms with Gasteiger partial charge in [-0.15, -0.1) is 0 Å². The smallest absolute Gasteiger partial charge is 0.744 e. The van der Waals surface area contributed by atoms with E-state index in [-0.39, 0.29) is 56.3 Å². The van der Waals surface area contributed by atoms with Crippen molar-refractivity contribution in [2.24, 2.45) is 0 Å². The zero-order valence-electron chi connectivity index (χ0n) is 21.3. The molecule has 0 amide bonds. The first-order valence-electron chi connectivity index (χ1n) is 13.0. The van der Waals surface area contributed by atoms with Crippen molar-refractivity contribution in [2.45, 2.75) is 121 Å². The number of hydrogen-bond acceptors (Lipinski definition) is 3. The van der Waals surface area contributed by atoms with Crippen LogP contribution in [0, 0.1) is 0 Å². The Balaban J connectivity index is 0.00000544. The molecule has 0 radical (unpaired) electrons. The molecule has 0 N–H and O–H groups in total. The van der Waals surface area contributed by atoms with Crippen LogP contribution in [0.2, 0.25) is 0 Å². The Morgan fingerprint density at radius 3 is 1.73 bits per heavy atom. The van der Waals surface area contributed by atoms with Crippen molar-refractivity contribution in [3.05, 3.63) is 41.5 Å². The molecule has 0 fully saturated rings. The average molecular weight is 499 g/mol. The zero-order chi connectivity index (χ0) is 23.2. The number of fused-ring (bicyclic) bond motifs is 1. The zero-order valence-corrected chi connectivity index (χ0v) is 25.3. The summed E-state index contributed by atoms with van der Waals surface area (Å²) in [6.45, 7) is 4.45. The van der Waals surface area contributed by atoms with Gasteiger partial charge in [0.05, 0.1) is 4.90 Å². The summed E-state index contributed by atoms with van der Waals surface area (Å²) in [5.41, 5.74) is 1.86. The molecular formula is C28H43KO3S. The van der Waals surface area contributed by atoms with Gasteiger partial charge in [-0.25, -0.2) is 8.42 Å². The molecule has 0 bridgehead atoms. The van der Waals surface area contributed by atoms with Gasteiger partial charge in [0.2, 0.25) is 0 Å². The first-order chi connectivity index (χ1) is 15.5. The summed E-state index contributed by atoms with van der Waals surface area (Å²) in [5, 5.41) is 1.45. The molecule has 0 saturated carbocycles. The Hall–Kier alpha value is 0.246. The van der Waals surface area contributed by atoms with Gasteiger partial charge >= 0.3 is 51.4 Å². The van der Waals surface area contributed by atoms with Gasteiger partial charge in [0.15, 0.2) is 0 Å². The number of hydrogen-bond donors (Lipinski definition) is 0. The molecule has 5 heteroatoms. The first-order valence-corrected chi connectivity index (χ1v) is 14.4. The van der Waals surface area contributed by atoms with Crippen LogP contribution in [0.5, 0.6) is 0 Å². The molecule has 0 heterocycles. The second kappa shape index (κ2) is 17.6. The van der Waals surface area contributed by atoms with E-state index in [9.17, 15) is 13.0 Å². The summed E-state index contributed by atoms with van der Waals surface area (Å²) in [5.74, 6) is 0. The number of benzene rings is 2. The fourth-order valence-electron chi connectivity index (χ4n) is 4.73. The Bertz CT molecular complexity index is 909. The van der Waals surface area contributed by atoms with Crippen molar-refractivity contribution in [1.29, 1.82) is 0 Å². The first kappa shape index (κ1) is 31.3. The molecule has 33 heavy (non-hydrogen) atoms. The van der Waals surface area contributed by atoms with E-state index in [4.69, 9.17) is 0 Å². The largest absolute Gasteiger partial charge is 1.00 e. The van der Waals surface area contributed by atoms with Crippen LogP contribution in [0.4, 0.5) is 0 Å². The van der Waals surface area contributed by atoms with E-state index >= 15 is 0 Å². The van der Waals surface area contributed by atoms with E-state index in [0.29, 0.717) is 11.8 Å². The van der Waals surface area contributed by atoms with Gasteiger partial charge in [0.1, 0.15) is 10.1 Å². The van der Waals surface area contributed by atoms with E-state index in [1.165, 1.54) is 64.2 Å². The Morgan fingerprint density at radius 2 is 1.18 bits per heavy atom. The predicted octanol–water partition coefficient (Wildman–Crippen LogP) is 5.33. The van der Waals surface area contributed by atoms with Crippen molar-refractivity contribution in [3.63, 3.8) is 0 Å². The predicted molar refractivity (Wildman–Crippen MR) is 135 cm³/mol. The van der Waals surface area contributed by atoms with Crippen molar-refractivity contribution in [3.8, 4) is 0 Å². The SMILES string of the molecule is CCCCCCCCCc1cc2ccccc2c(S(=O)(=O)[O-])c1CCCCCCCCC.[K+]. The molecule has 180 valence electrons. The fraction of sp³-hybridized carbons (Fsp3) is 0.643. The Labute approximate surface area is 245 Å². The van der Waals surface area contributed by atoms with E-state index in [2.05, 4.69) is 19.9 Å². The van der Waals surface area contributed by atoms with Gasteiger partial charge < -0.3 is 4.55 Å². The molecule has 3 nitrogen and oxygen atoms in total. The monoisotopic (exact) mass is 498 g/mol. The van der Waals surface area contributed by atoms with Gasteiger partial charge in [-0.3, -0.25) is 0 Å². The molecule has 2 rings (SSSR count). The van der Waals surface area contributed by atoms with Gasteiger partial charge in [0, 0.05) is 0 Å². The number of unbranched alkanes of at least 4 members (excludes halogenated alkanes) is 12. The molecule has 2 aromatic carbocycles. The van der Waals surface area contributed by atoms with E-state index in [1.54, 1.807) is 6.07 Å². The van der Waals surface area contributed by atoms with Crippen LogP contribution in [-0.2, 0) is 23.0 Å². The van der Waals surface area contributed by atoms with Gasteiger partial charge in [-0.2, -0.15) is 0 Å². The van der Waals surface area contributed by atoms with Gasteiger partial charge in [-0.1, -0.05) is 121 Å². The van der Waals surface area contributed by atoms with Crippen molar-refractivity contribution in [2.75, 3.05) is 0 Å². The third kappa shape index (κ3) is 11.2. The molecular weight excluding hydrogens is 455 g/mol. The molecule has 0 saturated heterocycles. The molecule has 0 aliphatic heterocycles. The van der Waals surface area contributed by atoms with Crippen LogP contribution >= 0.6 is 0 Å². The molecule has 0 unspecified atom stereocenters. The third-order valence-electron chi connectivity index (χ3n) is 6.53. The minimum absolute atomic E-state index is 0. The quantitative estimate of drug-likeness (QED) is 0.168. The molecule has 0 atom stereocenters.